The van der Waals surface area contributed by atoms with Crippen LogP contribution in [0.2, 0.25) is 0 Å². The summed E-state index contributed by atoms with van der Waals surface area (Å²) in [6.07, 6.45) is 0. The van der Waals surface area contributed by atoms with Crippen LogP contribution in [0.4, 0.5) is 5.69 Å². The number of hydrogen-bond donors (Lipinski definition) is 1. The van der Waals surface area contributed by atoms with Crippen LogP contribution in [0.1, 0.15) is 12.6 Å². The van der Waals surface area contributed by atoms with Crippen LogP contribution in [-0.4, -0.2) is 34.6 Å². The molecule has 1 N–H and O–H groups in total. The molecule has 122 valence electrons. The molecule has 0 atom stereocenters. The molecule has 1 aliphatic heterocycles. The van der Waals surface area contributed by atoms with Crippen LogP contribution in [0.15, 0.2) is 52.3 Å². The Labute approximate surface area is 139 Å². The van der Waals surface area contributed by atoms with E-state index in [1.807, 2.05) is 38.1 Å². The molecule has 2 aromatic carbocycles. The lowest BCUT2D eigenvalue weighted by Gasteiger charge is -2.31. The van der Waals surface area contributed by atoms with Crippen molar-refractivity contribution < 1.29 is 9.84 Å². The third-order valence-corrected chi connectivity index (χ3v) is 6.19. The Morgan fingerprint density at radius 2 is 1.70 bits per heavy atom. The topological polar surface area (TPSA) is 49.4 Å². The van der Waals surface area contributed by atoms with E-state index in [-0.39, 0.29) is 1.43 Å². The van der Waals surface area contributed by atoms with Gasteiger partial charge in [0.1, 0.15) is 0 Å². The van der Waals surface area contributed by atoms with E-state index >= 15 is 0 Å². The highest BCUT2D eigenvalue weighted by Gasteiger charge is 2.25. The maximum atomic E-state index is 13.2. The number of anilines is 1. The number of para-hydroxylation sites is 1. The van der Waals surface area contributed by atoms with Crippen LogP contribution in [0.5, 0.6) is 0 Å². The first-order valence-electron chi connectivity index (χ1n) is 7.87. The number of nitrogens with one attached hydrogen (secondary N) is 1. The molecule has 1 fully saturated rings. The van der Waals surface area contributed by atoms with Crippen LogP contribution in [0, 0.1) is 13.8 Å². The van der Waals surface area contributed by atoms with Crippen molar-refractivity contribution in [2.24, 2.45) is 0 Å². The molecule has 0 bridgehead atoms. The summed E-state index contributed by atoms with van der Waals surface area (Å²) in [5.41, 5.74) is 2.66. The van der Waals surface area contributed by atoms with Crippen LogP contribution in [-0.2, 0) is 9.84 Å². The van der Waals surface area contributed by atoms with E-state index < -0.39 is 9.84 Å². The fourth-order valence-electron chi connectivity index (χ4n) is 3.07. The molecule has 0 aromatic heterocycles. The summed E-state index contributed by atoms with van der Waals surface area (Å²) in [4.78, 5) is 2.94. The second-order valence-electron chi connectivity index (χ2n) is 5.98. The molecule has 1 saturated heterocycles. The van der Waals surface area contributed by atoms with E-state index in [2.05, 4.69) is 10.2 Å². The second-order valence-corrected chi connectivity index (χ2v) is 7.86. The molecule has 0 spiro atoms. The SMILES string of the molecule is Cc1ccc(S(=O)(=O)c2ccccc2N2CCNCC2)c(C)c1.[H+]. The van der Waals surface area contributed by atoms with E-state index in [0.29, 0.717) is 9.79 Å². The summed E-state index contributed by atoms with van der Waals surface area (Å²) in [7, 11) is -3.53. The number of piperazine rings is 1. The highest BCUT2D eigenvalue weighted by Crippen LogP contribution is 2.32. The highest BCUT2D eigenvalue weighted by molar-refractivity contribution is 7.91. The number of sulfone groups is 1. The second kappa shape index (κ2) is 6.34. The highest BCUT2D eigenvalue weighted by atomic mass is 32.2. The minimum absolute atomic E-state index is 0. The molecule has 23 heavy (non-hydrogen) atoms. The summed E-state index contributed by atoms with van der Waals surface area (Å²) in [6, 6.07) is 12.8. The molecule has 1 heterocycles. The van der Waals surface area contributed by atoms with E-state index in [0.717, 1.165) is 43.0 Å². The zero-order valence-corrected chi connectivity index (χ0v) is 14.4. The predicted octanol–water partition coefficient (Wildman–Crippen LogP) is 2.66. The standard InChI is InChI=1S/C18H22N2O2S/c1-14-7-8-17(15(2)13-14)23(21,22)18-6-4-3-5-16(18)20-11-9-19-10-12-20/h3-8,13,19H,9-12H2,1-2H3/p+1. The number of benzene rings is 2. The third kappa shape index (κ3) is 3.12. The van der Waals surface area contributed by atoms with Gasteiger partial charge < -0.3 is 10.2 Å². The first-order valence-corrected chi connectivity index (χ1v) is 9.35. The Hall–Kier alpha value is -1.85. The molecule has 0 radical (unpaired) electrons. The minimum Gasteiger partial charge on any atom is -0.368 e. The average molecular weight is 331 g/mol. The van der Waals surface area contributed by atoms with Crippen LogP contribution in [0.3, 0.4) is 0 Å². The van der Waals surface area contributed by atoms with Gasteiger partial charge in [-0.25, -0.2) is 8.42 Å². The van der Waals surface area contributed by atoms with Gasteiger partial charge in [0, 0.05) is 26.2 Å². The number of rotatable bonds is 3. The maximum Gasteiger partial charge on any atom is 1.00 e. The Bertz CT molecular complexity index is 816. The van der Waals surface area contributed by atoms with Gasteiger partial charge in [-0.05, 0) is 37.6 Å². The van der Waals surface area contributed by atoms with Gasteiger partial charge in [0.2, 0.25) is 9.84 Å². The van der Waals surface area contributed by atoms with Crippen molar-refractivity contribution >= 4 is 15.5 Å². The molecule has 4 nitrogen and oxygen atoms in total. The first kappa shape index (κ1) is 16.0. The van der Waals surface area contributed by atoms with Crippen LogP contribution in [0.25, 0.3) is 0 Å². The molecule has 3 rings (SSSR count). The van der Waals surface area contributed by atoms with Gasteiger partial charge in [0.25, 0.3) is 0 Å². The van der Waals surface area contributed by atoms with Gasteiger partial charge in [-0.2, -0.15) is 0 Å². The Balaban J connectivity index is 0.00000208. The fourth-order valence-corrected chi connectivity index (χ4v) is 4.77. The Morgan fingerprint density at radius 3 is 2.39 bits per heavy atom. The first-order chi connectivity index (χ1) is 11.0. The van der Waals surface area contributed by atoms with Gasteiger partial charge >= 0.3 is 1.43 Å². The van der Waals surface area contributed by atoms with E-state index in [4.69, 9.17) is 0 Å². The zero-order chi connectivity index (χ0) is 16.4. The molecule has 5 heteroatoms. The summed E-state index contributed by atoms with van der Waals surface area (Å²) in [6.45, 7) is 7.21. The van der Waals surface area contributed by atoms with Crippen molar-refractivity contribution in [1.82, 2.24) is 5.32 Å². The molecule has 0 amide bonds. The fraction of sp³-hybridized carbons (Fsp3) is 0.333. The Kier molecular flexibility index (Phi) is 4.41. The van der Waals surface area contributed by atoms with E-state index in [9.17, 15) is 8.42 Å². The normalized spacial score (nSPS) is 15.7. The van der Waals surface area contributed by atoms with Gasteiger partial charge in [-0.15, -0.1) is 0 Å². The summed E-state index contributed by atoms with van der Waals surface area (Å²) in [5, 5.41) is 3.30. The molecule has 0 saturated carbocycles. The van der Waals surface area contributed by atoms with Gasteiger partial charge in [0.15, 0.2) is 0 Å². The lowest BCUT2D eigenvalue weighted by atomic mass is 10.2. The lowest BCUT2D eigenvalue weighted by molar-refractivity contribution is 0.579. The molecular weight excluding hydrogens is 308 g/mol. The smallest absolute Gasteiger partial charge is 0.368 e. The van der Waals surface area contributed by atoms with Crippen LogP contribution < -0.4 is 10.2 Å². The van der Waals surface area contributed by atoms with E-state index in [1.165, 1.54) is 0 Å². The number of nitrogens with zero attached hydrogens (tertiary/aromatic N) is 1. The monoisotopic (exact) mass is 331 g/mol. The predicted molar refractivity (Wildman–Crippen MR) is 94.0 cm³/mol. The largest absolute Gasteiger partial charge is 1.00 e. The average Bonchev–Trinajstić information content (AvgIpc) is 2.55. The van der Waals surface area contributed by atoms with Crippen molar-refractivity contribution in [2.75, 3.05) is 31.1 Å². The summed E-state index contributed by atoms with van der Waals surface area (Å²) in [5.74, 6) is 0. The lowest BCUT2D eigenvalue weighted by Crippen LogP contribution is -2.44. The van der Waals surface area contributed by atoms with Crippen molar-refractivity contribution in [3.8, 4) is 0 Å². The molecule has 2 aromatic rings. The van der Waals surface area contributed by atoms with Crippen molar-refractivity contribution in [1.29, 1.82) is 0 Å². The van der Waals surface area contributed by atoms with Crippen LogP contribution >= 0.6 is 0 Å². The van der Waals surface area contributed by atoms with Gasteiger partial charge in [0.05, 0.1) is 15.5 Å². The van der Waals surface area contributed by atoms with Crippen molar-refractivity contribution in [3.05, 3.63) is 53.6 Å². The molecular formula is C18H23N2O2S+. The van der Waals surface area contributed by atoms with Gasteiger partial charge in [-0.3, -0.25) is 0 Å². The zero-order valence-electron chi connectivity index (χ0n) is 14.5. The van der Waals surface area contributed by atoms with Crippen molar-refractivity contribution in [2.45, 2.75) is 23.6 Å². The third-order valence-electron chi connectivity index (χ3n) is 4.23. The van der Waals surface area contributed by atoms with Gasteiger partial charge in [-0.1, -0.05) is 29.8 Å². The number of hydrogen-bond acceptors (Lipinski definition) is 4. The van der Waals surface area contributed by atoms with E-state index in [1.54, 1.807) is 18.2 Å². The minimum atomic E-state index is -3.53. The maximum absolute atomic E-state index is 13.2. The van der Waals surface area contributed by atoms with Crippen molar-refractivity contribution in [3.63, 3.8) is 0 Å². The molecule has 0 unspecified atom stereocenters. The Morgan fingerprint density at radius 1 is 1.00 bits per heavy atom. The molecule has 0 aliphatic carbocycles. The molecule has 1 aliphatic rings. The number of aryl methyl sites for hydroxylation is 2. The summed E-state index contributed by atoms with van der Waals surface area (Å²) < 4.78 is 26.4. The summed E-state index contributed by atoms with van der Waals surface area (Å²) >= 11 is 0. The quantitative estimate of drug-likeness (QED) is 0.939.